The lowest BCUT2D eigenvalue weighted by Gasteiger charge is -2.38. The predicted octanol–water partition coefficient (Wildman–Crippen LogP) is 2.09. The van der Waals surface area contributed by atoms with Crippen molar-refractivity contribution in [3.8, 4) is 0 Å². The normalized spacial score (nSPS) is 26.2. The van der Waals surface area contributed by atoms with E-state index in [0.717, 1.165) is 5.56 Å². The average Bonchev–Trinajstić information content (AvgIpc) is 2.35. The number of esters is 1. The minimum Gasteiger partial charge on any atom is -0.481 e. The van der Waals surface area contributed by atoms with Crippen LogP contribution in [0.5, 0.6) is 0 Å². The zero-order valence-electron chi connectivity index (χ0n) is 10.2. The molecule has 1 aromatic carbocycles. The molecule has 0 aromatic heterocycles. The Hall–Kier alpha value is -1.84. The average molecular weight is 248 g/mol. The van der Waals surface area contributed by atoms with Crippen LogP contribution in [0.2, 0.25) is 0 Å². The molecule has 0 heterocycles. The third-order valence-corrected chi connectivity index (χ3v) is 3.62. The number of hydrogen-bond acceptors (Lipinski definition) is 3. The molecule has 1 aliphatic carbocycles. The van der Waals surface area contributed by atoms with Crippen molar-refractivity contribution in [3.05, 3.63) is 35.9 Å². The molecule has 3 atom stereocenters. The molecule has 0 spiro atoms. The molecule has 1 aliphatic rings. The second-order valence-corrected chi connectivity index (χ2v) is 4.74. The summed E-state index contributed by atoms with van der Waals surface area (Å²) in [5.74, 6) is -1.92. The molecule has 1 fully saturated rings. The van der Waals surface area contributed by atoms with Gasteiger partial charge < -0.3 is 9.84 Å². The Labute approximate surface area is 106 Å². The van der Waals surface area contributed by atoms with Gasteiger partial charge in [0.2, 0.25) is 0 Å². The van der Waals surface area contributed by atoms with Gasteiger partial charge >= 0.3 is 11.9 Å². The highest BCUT2D eigenvalue weighted by molar-refractivity contribution is 5.79. The molecule has 1 aromatic rings. The number of carboxylic acids is 1. The maximum Gasteiger partial charge on any atom is 0.309 e. The number of rotatable bonds is 4. The minimum atomic E-state index is -0.824. The van der Waals surface area contributed by atoms with Gasteiger partial charge in [0, 0.05) is 0 Å². The maximum absolute atomic E-state index is 11.8. The van der Waals surface area contributed by atoms with Gasteiger partial charge in [-0.05, 0) is 17.9 Å². The Kier molecular flexibility index (Phi) is 3.65. The highest BCUT2D eigenvalue weighted by Crippen LogP contribution is 2.41. The van der Waals surface area contributed by atoms with E-state index in [1.807, 2.05) is 30.3 Å². The summed E-state index contributed by atoms with van der Waals surface area (Å²) in [5.41, 5.74) is 0.938. The van der Waals surface area contributed by atoms with E-state index in [-0.39, 0.29) is 24.4 Å². The summed E-state index contributed by atoms with van der Waals surface area (Å²) in [6.45, 7) is 2.04. The monoisotopic (exact) mass is 248 g/mol. The summed E-state index contributed by atoms with van der Waals surface area (Å²) in [5, 5.41) is 8.86. The first kappa shape index (κ1) is 12.6. The van der Waals surface area contributed by atoms with Gasteiger partial charge in [-0.25, -0.2) is 0 Å². The molecule has 2 rings (SSSR count). The largest absolute Gasteiger partial charge is 0.481 e. The predicted molar refractivity (Wildman–Crippen MR) is 64.6 cm³/mol. The summed E-state index contributed by atoms with van der Waals surface area (Å²) in [6.07, 6.45) is 0.393. The number of ether oxygens (including phenoxy) is 1. The van der Waals surface area contributed by atoms with Crippen LogP contribution in [0, 0.1) is 17.8 Å². The van der Waals surface area contributed by atoms with Crippen molar-refractivity contribution in [2.24, 2.45) is 17.8 Å². The smallest absolute Gasteiger partial charge is 0.309 e. The van der Waals surface area contributed by atoms with Gasteiger partial charge in [0.15, 0.2) is 0 Å². The van der Waals surface area contributed by atoms with Crippen molar-refractivity contribution in [1.29, 1.82) is 0 Å². The summed E-state index contributed by atoms with van der Waals surface area (Å²) >= 11 is 0. The van der Waals surface area contributed by atoms with Crippen LogP contribution in [0.15, 0.2) is 30.3 Å². The second kappa shape index (κ2) is 5.21. The lowest BCUT2D eigenvalue weighted by atomic mass is 9.66. The van der Waals surface area contributed by atoms with Crippen LogP contribution in [0.1, 0.15) is 18.9 Å². The van der Waals surface area contributed by atoms with Crippen molar-refractivity contribution in [2.45, 2.75) is 20.0 Å². The van der Waals surface area contributed by atoms with E-state index in [1.165, 1.54) is 0 Å². The fourth-order valence-electron chi connectivity index (χ4n) is 2.26. The van der Waals surface area contributed by atoms with Gasteiger partial charge in [0.25, 0.3) is 0 Å². The maximum atomic E-state index is 11.8. The Bertz CT molecular complexity index is 440. The van der Waals surface area contributed by atoms with Crippen LogP contribution in [-0.2, 0) is 20.9 Å². The Balaban J connectivity index is 1.82. The molecule has 1 N–H and O–H groups in total. The highest BCUT2D eigenvalue weighted by Gasteiger charge is 2.46. The Morgan fingerprint density at radius 2 is 1.94 bits per heavy atom. The van der Waals surface area contributed by atoms with Crippen molar-refractivity contribution < 1.29 is 19.4 Å². The third kappa shape index (κ3) is 2.53. The van der Waals surface area contributed by atoms with E-state index in [1.54, 1.807) is 6.92 Å². The van der Waals surface area contributed by atoms with Crippen LogP contribution in [0.4, 0.5) is 0 Å². The third-order valence-electron chi connectivity index (χ3n) is 3.62. The summed E-state index contributed by atoms with van der Waals surface area (Å²) < 4.78 is 5.20. The molecule has 4 heteroatoms. The van der Waals surface area contributed by atoms with Gasteiger partial charge in [-0.2, -0.15) is 0 Å². The van der Waals surface area contributed by atoms with Gasteiger partial charge in [0.1, 0.15) is 6.61 Å². The molecule has 0 aliphatic heterocycles. The van der Waals surface area contributed by atoms with Crippen LogP contribution in [0.3, 0.4) is 0 Å². The zero-order valence-corrected chi connectivity index (χ0v) is 10.2. The van der Waals surface area contributed by atoms with Gasteiger partial charge in [-0.15, -0.1) is 0 Å². The summed E-state index contributed by atoms with van der Waals surface area (Å²) in [4.78, 5) is 22.5. The molecule has 18 heavy (non-hydrogen) atoms. The molecule has 4 nitrogen and oxygen atoms in total. The van der Waals surface area contributed by atoms with E-state index in [9.17, 15) is 9.59 Å². The lowest BCUT2D eigenvalue weighted by molar-refractivity contribution is -0.165. The van der Waals surface area contributed by atoms with Gasteiger partial charge in [0.05, 0.1) is 11.8 Å². The van der Waals surface area contributed by atoms with E-state index in [0.29, 0.717) is 6.42 Å². The highest BCUT2D eigenvalue weighted by atomic mass is 16.5. The van der Waals surface area contributed by atoms with Crippen LogP contribution in [-0.4, -0.2) is 17.0 Å². The summed E-state index contributed by atoms with van der Waals surface area (Å²) in [6, 6.07) is 9.44. The first-order valence-electron chi connectivity index (χ1n) is 6.03. The first-order valence-corrected chi connectivity index (χ1v) is 6.03. The molecule has 0 radical (unpaired) electrons. The first-order chi connectivity index (χ1) is 8.59. The molecule has 0 amide bonds. The zero-order chi connectivity index (χ0) is 13.1. The van der Waals surface area contributed by atoms with Crippen molar-refractivity contribution >= 4 is 11.9 Å². The Morgan fingerprint density at radius 1 is 1.28 bits per heavy atom. The molecule has 1 saturated carbocycles. The number of aliphatic carboxylic acids is 1. The number of benzene rings is 1. The van der Waals surface area contributed by atoms with E-state index in [4.69, 9.17) is 9.84 Å². The topological polar surface area (TPSA) is 63.6 Å². The van der Waals surface area contributed by atoms with Gasteiger partial charge in [-0.3, -0.25) is 9.59 Å². The lowest BCUT2D eigenvalue weighted by Crippen LogP contribution is -2.44. The van der Waals surface area contributed by atoms with Gasteiger partial charge in [-0.1, -0.05) is 37.3 Å². The van der Waals surface area contributed by atoms with Crippen LogP contribution in [0.25, 0.3) is 0 Å². The van der Waals surface area contributed by atoms with E-state index < -0.39 is 11.9 Å². The molecule has 3 unspecified atom stereocenters. The number of carbonyl (C=O) groups is 2. The molecule has 96 valence electrons. The van der Waals surface area contributed by atoms with Crippen molar-refractivity contribution in [1.82, 2.24) is 0 Å². The van der Waals surface area contributed by atoms with Crippen LogP contribution < -0.4 is 0 Å². The SMILES string of the molecule is CC1C(C(=O)O)CC1C(=O)OCc1ccccc1. The fourth-order valence-corrected chi connectivity index (χ4v) is 2.26. The summed E-state index contributed by atoms with van der Waals surface area (Å²) in [7, 11) is 0. The Morgan fingerprint density at radius 3 is 2.50 bits per heavy atom. The van der Waals surface area contributed by atoms with Crippen molar-refractivity contribution in [2.75, 3.05) is 0 Å². The number of carbonyl (C=O) groups excluding carboxylic acids is 1. The molecule has 0 saturated heterocycles. The molecular formula is C14H16O4. The van der Waals surface area contributed by atoms with Crippen LogP contribution >= 0.6 is 0 Å². The minimum absolute atomic E-state index is 0.134. The van der Waals surface area contributed by atoms with E-state index >= 15 is 0 Å². The van der Waals surface area contributed by atoms with E-state index in [2.05, 4.69) is 0 Å². The molecule has 0 bridgehead atoms. The standard InChI is InChI=1S/C14H16O4/c1-9-11(13(15)16)7-12(9)14(17)18-8-10-5-3-2-4-6-10/h2-6,9,11-12H,7-8H2,1H3,(H,15,16). The number of hydrogen-bond donors (Lipinski definition) is 1. The quantitative estimate of drug-likeness (QED) is 0.829. The number of carboxylic acid groups (broad SMARTS) is 1. The molecular weight excluding hydrogens is 232 g/mol. The van der Waals surface area contributed by atoms with Crippen molar-refractivity contribution in [3.63, 3.8) is 0 Å². The fraction of sp³-hybridized carbons (Fsp3) is 0.429. The second-order valence-electron chi connectivity index (χ2n) is 4.74.